The van der Waals surface area contributed by atoms with Crippen LogP contribution in [-0.4, -0.2) is 35.3 Å². The van der Waals surface area contributed by atoms with E-state index in [2.05, 4.69) is 55.6 Å². The third-order valence-electron chi connectivity index (χ3n) is 6.88. The van der Waals surface area contributed by atoms with E-state index in [-0.39, 0.29) is 17.9 Å². The van der Waals surface area contributed by atoms with Crippen LogP contribution in [0.25, 0.3) is 0 Å². The molecule has 178 valence electrons. The van der Waals surface area contributed by atoms with Gasteiger partial charge in [-0.3, -0.25) is 9.59 Å². The molecule has 1 unspecified atom stereocenters. The Morgan fingerprint density at radius 1 is 0.879 bits per heavy atom. The molecule has 1 saturated carbocycles. The van der Waals surface area contributed by atoms with Crippen LogP contribution in [0.3, 0.4) is 0 Å². The molecule has 1 aliphatic carbocycles. The van der Waals surface area contributed by atoms with E-state index in [0.717, 1.165) is 24.8 Å². The van der Waals surface area contributed by atoms with E-state index >= 15 is 0 Å². The van der Waals surface area contributed by atoms with Gasteiger partial charge in [-0.2, -0.15) is 0 Å². The number of nitrogens with one attached hydrogen (secondary N) is 1. The quantitative estimate of drug-likeness (QED) is 0.510. The Bertz CT molecular complexity index is 870. The lowest BCUT2D eigenvalue weighted by atomic mass is 9.95. The summed E-state index contributed by atoms with van der Waals surface area (Å²) in [6.07, 6.45) is 7.54. The molecule has 0 saturated heterocycles. The molecule has 3 rings (SSSR count). The molecular formula is C29H40N2O2. The van der Waals surface area contributed by atoms with E-state index in [0.29, 0.717) is 25.3 Å². The maximum absolute atomic E-state index is 13.3. The molecule has 0 heterocycles. The van der Waals surface area contributed by atoms with E-state index in [1.54, 1.807) is 4.90 Å². The maximum atomic E-state index is 13.3. The van der Waals surface area contributed by atoms with Crippen molar-refractivity contribution in [3.05, 3.63) is 71.3 Å². The minimum absolute atomic E-state index is 0.0235. The third kappa shape index (κ3) is 7.73. The summed E-state index contributed by atoms with van der Waals surface area (Å²) in [7, 11) is 0. The Morgan fingerprint density at radius 2 is 1.52 bits per heavy atom. The summed E-state index contributed by atoms with van der Waals surface area (Å²) in [5.41, 5.74) is 3.65. The zero-order valence-electron chi connectivity index (χ0n) is 20.6. The Kier molecular flexibility index (Phi) is 9.53. The van der Waals surface area contributed by atoms with Gasteiger partial charge in [0.25, 0.3) is 0 Å². The molecule has 0 aliphatic heterocycles. The van der Waals surface area contributed by atoms with Crippen molar-refractivity contribution < 1.29 is 9.59 Å². The molecule has 4 nitrogen and oxygen atoms in total. The largest absolute Gasteiger partial charge is 0.352 e. The Labute approximate surface area is 199 Å². The monoisotopic (exact) mass is 448 g/mol. The van der Waals surface area contributed by atoms with Crippen molar-refractivity contribution in [1.29, 1.82) is 0 Å². The summed E-state index contributed by atoms with van der Waals surface area (Å²) < 4.78 is 0. The number of amides is 2. The highest BCUT2D eigenvalue weighted by Crippen LogP contribution is 2.19. The number of benzene rings is 2. The van der Waals surface area contributed by atoms with E-state index < -0.39 is 6.04 Å². The molecule has 0 spiro atoms. The van der Waals surface area contributed by atoms with Gasteiger partial charge in [0.05, 0.1) is 0 Å². The Hall–Kier alpha value is -2.62. The van der Waals surface area contributed by atoms with Crippen molar-refractivity contribution in [2.75, 3.05) is 6.54 Å². The van der Waals surface area contributed by atoms with E-state index in [4.69, 9.17) is 0 Å². The molecule has 2 aromatic rings. The zero-order chi connectivity index (χ0) is 23.6. The Morgan fingerprint density at radius 3 is 2.15 bits per heavy atom. The average Bonchev–Trinajstić information content (AvgIpc) is 2.84. The average molecular weight is 449 g/mol. The molecule has 0 bridgehead atoms. The SMILES string of the molecule is CC(C)c1ccc(CCC(=O)N(CCc2ccccc2)C(C)C(=O)NC2CCCCC2)cc1. The van der Waals surface area contributed by atoms with Crippen molar-refractivity contribution in [2.45, 2.75) is 90.1 Å². The van der Waals surface area contributed by atoms with Gasteiger partial charge in [0.1, 0.15) is 6.04 Å². The van der Waals surface area contributed by atoms with Crippen LogP contribution in [0, 0.1) is 0 Å². The van der Waals surface area contributed by atoms with Crippen LogP contribution >= 0.6 is 0 Å². The van der Waals surface area contributed by atoms with Gasteiger partial charge in [0.2, 0.25) is 11.8 Å². The molecular weight excluding hydrogens is 408 g/mol. The van der Waals surface area contributed by atoms with E-state index in [1.807, 2.05) is 25.1 Å². The van der Waals surface area contributed by atoms with Gasteiger partial charge >= 0.3 is 0 Å². The number of aryl methyl sites for hydroxylation is 1. The van der Waals surface area contributed by atoms with E-state index in [1.165, 1.54) is 30.4 Å². The van der Waals surface area contributed by atoms with Gasteiger partial charge in [0, 0.05) is 19.0 Å². The molecule has 1 atom stereocenters. The minimum atomic E-state index is -0.466. The lowest BCUT2D eigenvalue weighted by molar-refractivity contribution is -0.140. The van der Waals surface area contributed by atoms with Crippen LogP contribution in [0.15, 0.2) is 54.6 Å². The minimum Gasteiger partial charge on any atom is -0.352 e. The maximum Gasteiger partial charge on any atom is 0.242 e. The second-order valence-electron chi connectivity index (χ2n) is 9.74. The van der Waals surface area contributed by atoms with Crippen LogP contribution in [0.4, 0.5) is 0 Å². The van der Waals surface area contributed by atoms with E-state index in [9.17, 15) is 9.59 Å². The van der Waals surface area contributed by atoms with Gasteiger partial charge in [-0.25, -0.2) is 0 Å². The smallest absolute Gasteiger partial charge is 0.242 e. The van der Waals surface area contributed by atoms with Crippen LogP contribution < -0.4 is 5.32 Å². The van der Waals surface area contributed by atoms with Gasteiger partial charge in [-0.15, -0.1) is 0 Å². The standard InChI is InChI=1S/C29H40N2O2/c1-22(2)26-17-14-25(15-18-26)16-19-28(32)31(21-20-24-10-6-4-7-11-24)23(3)29(33)30-27-12-8-5-9-13-27/h4,6-7,10-11,14-15,17-18,22-23,27H,5,8-9,12-13,16,19-21H2,1-3H3,(H,30,33). The van der Waals surface area contributed by atoms with Crippen LogP contribution in [0.2, 0.25) is 0 Å². The predicted molar refractivity (Wildman–Crippen MR) is 135 cm³/mol. The van der Waals surface area contributed by atoms with Crippen LogP contribution in [0.5, 0.6) is 0 Å². The molecule has 2 amide bonds. The van der Waals surface area contributed by atoms with Crippen molar-refractivity contribution in [3.8, 4) is 0 Å². The number of carbonyl (C=O) groups is 2. The summed E-state index contributed by atoms with van der Waals surface area (Å²) in [5, 5.41) is 3.21. The molecule has 1 aliphatic rings. The molecule has 1 N–H and O–H groups in total. The third-order valence-corrected chi connectivity index (χ3v) is 6.88. The number of rotatable bonds is 10. The first-order valence-corrected chi connectivity index (χ1v) is 12.7. The number of carbonyl (C=O) groups excluding carboxylic acids is 2. The first kappa shape index (κ1) is 25.0. The molecule has 4 heteroatoms. The van der Waals surface area contributed by atoms with Crippen molar-refractivity contribution in [1.82, 2.24) is 10.2 Å². The summed E-state index contributed by atoms with van der Waals surface area (Å²) >= 11 is 0. The molecule has 2 aromatic carbocycles. The number of hydrogen-bond donors (Lipinski definition) is 1. The summed E-state index contributed by atoms with van der Waals surface area (Å²) in [4.78, 5) is 28.1. The molecule has 1 fully saturated rings. The topological polar surface area (TPSA) is 49.4 Å². The fraction of sp³-hybridized carbons (Fsp3) is 0.517. The second-order valence-corrected chi connectivity index (χ2v) is 9.74. The van der Waals surface area contributed by atoms with Gasteiger partial charge in [0.15, 0.2) is 0 Å². The number of nitrogens with zero attached hydrogens (tertiary/aromatic N) is 1. The molecule has 33 heavy (non-hydrogen) atoms. The normalized spacial score (nSPS) is 15.3. The molecule has 0 radical (unpaired) electrons. The first-order valence-electron chi connectivity index (χ1n) is 12.7. The van der Waals surface area contributed by atoms with Gasteiger partial charge in [-0.05, 0) is 55.2 Å². The van der Waals surface area contributed by atoms with Crippen molar-refractivity contribution in [3.63, 3.8) is 0 Å². The lowest BCUT2D eigenvalue weighted by Gasteiger charge is -2.31. The summed E-state index contributed by atoms with van der Waals surface area (Å²) in [5.74, 6) is 0.521. The fourth-order valence-corrected chi connectivity index (χ4v) is 4.60. The molecule has 0 aromatic heterocycles. The van der Waals surface area contributed by atoms with Crippen molar-refractivity contribution >= 4 is 11.8 Å². The summed E-state index contributed by atoms with van der Waals surface area (Å²) in [6.45, 7) is 6.79. The lowest BCUT2D eigenvalue weighted by Crippen LogP contribution is -2.51. The first-order chi connectivity index (χ1) is 15.9. The second kappa shape index (κ2) is 12.6. The van der Waals surface area contributed by atoms with Gasteiger partial charge < -0.3 is 10.2 Å². The van der Waals surface area contributed by atoms with Crippen LogP contribution in [-0.2, 0) is 22.4 Å². The highest BCUT2D eigenvalue weighted by atomic mass is 16.2. The highest BCUT2D eigenvalue weighted by molar-refractivity contribution is 5.87. The zero-order valence-corrected chi connectivity index (χ0v) is 20.6. The van der Waals surface area contributed by atoms with Gasteiger partial charge in [-0.1, -0.05) is 87.7 Å². The van der Waals surface area contributed by atoms with Crippen LogP contribution in [0.1, 0.15) is 81.9 Å². The van der Waals surface area contributed by atoms with Crippen molar-refractivity contribution in [2.24, 2.45) is 0 Å². The predicted octanol–water partition coefficient (Wildman–Crippen LogP) is 5.65. The summed E-state index contributed by atoms with van der Waals surface area (Å²) in [6, 6.07) is 18.5. The highest BCUT2D eigenvalue weighted by Gasteiger charge is 2.27. The number of hydrogen-bond acceptors (Lipinski definition) is 2. The Balaban J connectivity index is 1.63. The fourth-order valence-electron chi connectivity index (χ4n) is 4.60.